The van der Waals surface area contributed by atoms with Gasteiger partial charge in [0.2, 0.25) is 5.91 Å². The van der Waals surface area contributed by atoms with Crippen LogP contribution in [0.4, 0.5) is 5.82 Å². The van der Waals surface area contributed by atoms with Gasteiger partial charge < -0.3 is 9.80 Å². The van der Waals surface area contributed by atoms with E-state index in [1.54, 1.807) is 12.3 Å². The number of nitrogens with zero attached hydrogens (tertiary/aromatic N) is 3. The Hall–Kier alpha value is -2.14. The van der Waals surface area contributed by atoms with Crippen LogP contribution in [0.2, 0.25) is 0 Å². The Balaban J connectivity index is 1.56. The molecule has 2 heterocycles. The van der Waals surface area contributed by atoms with Crippen LogP contribution in [-0.4, -0.2) is 42.0 Å². The van der Waals surface area contributed by atoms with Gasteiger partial charge in [0.25, 0.3) is 0 Å². The highest BCUT2D eigenvalue weighted by molar-refractivity contribution is 9.10. The van der Waals surface area contributed by atoms with Crippen LogP contribution in [0.25, 0.3) is 6.08 Å². The second-order valence-electron chi connectivity index (χ2n) is 5.39. The standard InChI is InChI=1S/C18H18BrN3O/c19-16-5-3-4-15(14-16)7-8-18(23)22-12-10-21(11-13-22)17-6-1-2-9-20-17/h1-9,14H,10-13H2/b8-7+. The van der Waals surface area contributed by atoms with E-state index >= 15 is 0 Å². The van der Waals surface area contributed by atoms with Crippen LogP contribution in [0, 0.1) is 0 Å². The van der Waals surface area contributed by atoms with Crippen molar-refractivity contribution in [2.75, 3.05) is 31.1 Å². The van der Waals surface area contributed by atoms with Crippen LogP contribution in [0.1, 0.15) is 5.56 Å². The second kappa shape index (κ2) is 7.42. The molecule has 4 nitrogen and oxygen atoms in total. The fourth-order valence-electron chi connectivity index (χ4n) is 2.58. The van der Waals surface area contributed by atoms with E-state index in [9.17, 15) is 4.79 Å². The van der Waals surface area contributed by atoms with Crippen molar-refractivity contribution in [3.05, 3.63) is 64.8 Å². The summed E-state index contributed by atoms with van der Waals surface area (Å²) in [6.45, 7) is 3.07. The van der Waals surface area contributed by atoms with E-state index in [1.807, 2.05) is 53.4 Å². The third-order valence-corrected chi connectivity index (χ3v) is 4.32. The number of aromatic nitrogens is 1. The summed E-state index contributed by atoms with van der Waals surface area (Å²) in [5.41, 5.74) is 1.01. The van der Waals surface area contributed by atoms with Crippen LogP contribution in [0.15, 0.2) is 59.2 Å². The molecule has 0 atom stereocenters. The number of piperazine rings is 1. The maximum Gasteiger partial charge on any atom is 0.246 e. The first-order valence-corrected chi connectivity index (χ1v) is 8.40. The number of halogens is 1. The molecule has 1 aliphatic rings. The molecular weight excluding hydrogens is 354 g/mol. The summed E-state index contributed by atoms with van der Waals surface area (Å²) in [6, 6.07) is 13.8. The predicted octanol–water partition coefficient (Wildman–Crippen LogP) is 3.21. The summed E-state index contributed by atoms with van der Waals surface area (Å²) in [5.74, 6) is 1.04. The molecule has 0 unspecified atom stereocenters. The van der Waals surface area contributed by atoms with Gasteiger partial charge in [-0.1, -0.05) is 34.1 Å². The number of carbonyl (C=O) groups excluding carboxylic acids is 1. The third kappa shape index (κ3) is 4.20. The lowest BCUT2D eigenvalue weighted by molar-refractivity contribution is -0.126. The van der Waals surface area contributed by atoms with Crippen molar-refractivity contribution in [2.45, 2.75) is 0 Å². The molecule has 0 bridgehead atoms. The van der Waals surface area contributed by atoms with E-state index < -0.39 is 0 Å². The van der Waals surface area contributed by atoms with Gasteiger partial charge in [-0.05, 0) is 35.9 Å². The van der Waals surface area contributed by atoms with Crippen molar-refractivity contribution in [3.8, 4) is 0 Å². The van der Waals surface area contributed by atoms with Crippen molar-refractivity contribution in [2.24, 2.45) is 0 Å². The van der Waals surface area contributed by atoms with Gasteiger partial charge in [0.05, 0.1) is 0 Å². The number of anilines is 1. The van der Waals surface area contributed by atoms with Gasteiger partial charge in [-0.2, -0.15) is 0 Å². The Morgan fingerprint density at radius 3 is 2.61 bits per heavy atom. The van der Waals surface area contributed by atoms with Gasteiger partial charge in [-0.25, -0.2) is 4.98 Å². The summed E-state index contributed by atoms with van der Waals surface area (Å²) in [6.07, 6.45) is 5.31. The molecule has 1 amide bonds. The highest BCUT2D eigenvalue weighted by Crippen LogP contribution is 2.14. The molecule has 3 rings (SSSR count). The summed E-state index contributed by atoms with van der Waals surface area (Å²) in [4.78, 5) is 20.7. The number of carbonyl (C=O) groups is 1. The van der Waals surface area contributed by atoms with E-state index in [1.165, 1.54) is 0 Å². The first-order valence-electron chi connectivity index (χ1n) is 7.61. The molecule has 0 spiro atoms. The van der Waals surface area contributed by atoms with Crippen molar-refractivity contribution in [3.63, 3.8) is 0 Å². The Labute approximate surface area is 144 Å². The maximum atomic E-state index is 12.3. The highest BCUT2D eigenvalue weighted by Gasteiger charge is 2.20. The lowest BCUT2D eigenvalue weighted by Gasteiger charge is -2.34. The number of rotatable bonds is 3. The topological polar surface area (TPSA) is 36.4 Å². The molecular formula is C18H18BrN3O. The van der Waals surface area contributed by atoms with Crippen molar-refractivity contribution in [1.29, 1.82) is 0 Å². The van der Waals surface area contributed by atoms with Gasteiger partial charge in [0.1, 0.15) is 5.82 Å². The molecule has 1 saturated heterocycles. The molecule has 1 aromatic heterocycles. The minimum Gasteiger partial charge on any atom is -0.353 e. The first-order chi connectivity index (χ1) is 11.2. The smallest absolute Gasteiger partial charge is 0.246 e. The van der Waals surface area contributed by atoms with Gasteiger partial charge in [0.15, 0.2) is 0 Å². The van der Waals surface area contributed by atoms with Gasteiger partial charge in [-0.3, -0.25) is 4.79 Å². The van der Waals surface area contributed by atoms with Crippen LogP contribution >= 0.6 is 15.9 Å². The van der Waals surface area contributed by atoms with Crippen LogP contribution < -0.4 is 4.90 Å². The summed E-state index contributed by atoms with van der Waals surface area (Å²) in [5, 5.41) is 0. The predicted molar refractivity (Wildman–Crippen MR) is 96.2 cm³/mol. The summed E-state index contributed by atoms with van der Waals surface area (Å²) < 4.78 is 1.01. The lowest BCUT2D eigenvalue weighted by Crippen LogP contribution is -2.48. The molecule has 1 fully saturated rings. The number of hydrogen-bond acceptors (Lipinski definition) is 3. The maximum absolute atomic E-state index is 12.3. The molecule has 1 aromatic carbocycles. The molecule has 0 aliphatic carbocycles. The Morgan fingerprint density at radius 1 is 1.09 bits per heavy atom. The number of benzene rings is 1. The molecule has 5 heteroatoms. The zero-order valence-electron chi connectivity index (χ0n) is 12.7. The largest absolute Gasteiger partial charge is 0.353 e. The molecule has 1 aliphatic heterocycles. The van der Waals surface area contributed by atoms with E-state index in [4.69, 9.17) is 0 Å². The van der Waals surface area contributed by atoms with Crippen LogP contribution in [0.5, 0.6) is 0 Å². The fraction of sp³-hybridized carbons (Fsp3) is 0.222. The van der Waals surface area contributed by atoms with Crippen molar-refractivity contribution in [1.82, 2.24) is 9.88 Å². The Morgan fingerprint density at radius 2 is 1.91 bits per heavy atom. The average molecular weight is 372 g/mol. The summed E-state index contributed by atoms with van der Waals surface area (Å²) >= 11 is 3.43. The van der Waals surface area contributed by atoms with Crippen molar-refractivity contribution < 1.29 is 4.79 Å². The van der Waals surface area contributed by atoms with Crippen LogP contribution in [-0.2, 0) is 4.79 Å². The highest BCUT2D eigenvalue weighted by atomic mass is 79.9. The minimum absolute atomic E-state index is 0.0608. The number of pyridine rings is 1. The third-order valence-electron chi connectivity index (χ3n) is 3.83. The normalized spacial score (nSPS) is 15.2. The molecule has 0 saturated carbocycles. The Kier molecular flexibility index (Phi) is 5.08. The lowest BCUT2D eigenvalue weighted by atomic mass is 10.2. The second-order valence-corrected chi connectivity index (χ2v) is 6.30. The first kappa shape index (κ1) is 15.7. The number of amides is 1. The van der Waals surface area contributed by atoms with E-state index in [-0.39, 0.29) is 5.91 Å². The van der Waals surface area contributed by atoms with E-state index in [2.05, 4.69) is 25.8 Å². The van der Waals surface area contributed by atoms with E-state index in [0.29, 0.717) is 0 Å². The van der Waals surface area contributed by atoms with Crippen LogP contribution in [0.3, 0.4) is 0 Å². The zero-order valence-corrected chi connectivity index (χ0v) is 14.3. The van der Waals surface area contributed by atoms with Gasteiger partial charge >= 0.3 is 0 Å². The molecule has 0 radical (unpaired) electrons. The molecule has 2 aromatic rings. The fourth-order valence-corrected chi connectivity index (χ4v) is 3.00. The summed E-state index contributed by atoms with van der Waals surface area (Å²) in [7, 11) is 0. The quantitative estimate of drug-likeness (QED) is 0.777. The minimum atomic E-state index is 0.0608. The molecule has 118 valence electrons. The number of hydrogen-bond donors (Lipinski definition) is 0. The Bertz CT molecular complexity index is 694. The van der Waals surface area contributed by atoms with E-state index in [0.717, 1.165) is 42.0 Å². The van der Waals surface area contributed by atoms with Crippen molar-refractivity contribution >= 4 is 33.7 Å². The monoisotopic (exact) mass is 371 g/mol. The average Bonchev–Trinajstić information content (AvgIpc) is 2.61. The molecule has 0 N–H and O–H groups in total. The molecule has 23 heavy (non-hydrogen) atoms. The zero-order chi connectivity index (χ0) is 16.1. The van der Waals surface area contributed by atoms with Gasteiger partial charge in [0, 0.05) is 42.9 Å². The van der Waals surface area contributed by atoms with Gasteiger partial charge in [-0.15, -0.1) is 0 Å². The SMILES string of the molecule is O=C(/C=C/c1cccc(Br)c1)N1CCN(c2ccccn2)CC1.